The highest BCUT2D eigenvalue weighted by Crippen LogP contribution is 2.21. The van der Waals surface area contributed by atoms with Crippen molar-refractivity contribution in [3.8, 4) is 0 Å². The molecule has 90 valence electrons. The first kappa shape index (κ1) is 11.6. The number of hydrogen-bond donors (Lipinski definition) is 1. The molecule has 2 rings (SSSR count). The summed E-state index contributed by atoms with van der Waals surface area (Å²) < 4.78 is 2.24. The molecule has 0 radical (unpaired) electrons. The van der Waals surface area contributed by atoms with E-state index in [-0.39, 0.29) is 0 Å². The van der Waals surface area contributed by atoms with Crippen LogP contribution in [0.4, 0.5) is 0 Å². The minimum atomic E-state index is 0.567. The van der Waals surface area contributed by atoms with Gasteiger partial charge in [-0.15, -0.1) is 10.2 Å². The quantitative estimate of drug-likeness (QED) is 0.774. The van der Waals surface area contributed by atoms with Crippen LogP contribution in [0.15, 0.2) is 6.33 Å². The third-order valence-corrected chi connectivity index (χ3v) is 3.31. The lowest BCUT2D eigenvalue weighted by molar-refractivity contribution is 0.428. The third-order valence-electron chi connectivity index (χ3n) is 3.31. The molecule has 0 amide bonds. The average Bonchev–Trinajstić information content (AvgIpc) is 2.79. The molecule has 1 aromatic heterocycles. The largest absolute Gasteiger partial charge is 0.317 e. The molecule has 1 saturated heterocycles. The average molecular weight is 222 g/mol. The summed E-state index contributed by atoms with van der Waals surface area (Å²) in [6, 6.07) is 0. The van der Waals surface area contributed by atoms with Crippen LogP contribution in [0.1, 0.15) is 50.8 Å². The zero-order valence-electron chi connectivity index (χ0n) is 10.2. The summed E-state index contributed by atoms with van der Waals surface area (Å²) in [5.74, 6) is 1.75. The summed E-state index contributed by atoms with van der Waals surface area (Å²) in [4.78, 5) is 0. The minimum absolute atomic E-state index is 0.567. The molecule has 1 fully saturated rings. The Bertz CT molecular complexity index is 302. The van der Waals surface area contributed by atoms with Gasteiger partial charge in [-0.2, -0.15) is 0 Å². The third kappa shape index (κ3) is 2.82. The maximum Gasteiger partial charge on any atom is 0.137 e. The van der Waals surface area contributed by atoms with Crippen LogP contribution in [0.2, 0.25) is 0 Å². The molecule has 0 aromatic carbocycles. The molecule has 4 heteroatoms. The fourth-order valence-electron chi connectivity index (χ4n) is 2.36. The van der Waals surface area contributed by atoms with Crippen molar-refractivity contribution in [2.24, 2.45) is 0 Å². The number of hydrogen-bond acceptors (Lipinski definition) is 3. The zero-order chi connectivity index (χ0) is 11.2. The molecular weight excluding hydrogens is 200 g/mol. The van der Waals surface area contributed by atoms with E-state index in [1.807, 2.05) is 6.33 Å². The SMILES string of the molecule is CCCCCn1cnnc1C1CCCNC1. The van der Waals surface area contributed by atoms with Gasteiger partial charge in [0.05, 0.1) is 0 Å². The molecule has 1 aliphatic heterocycles. The van der Waals surface area contributed by atoms with Gasteiger partial charge < -0.3 is 9.88 Å². The Hall–Kier alpha value is -0.900. The first-order valence-corrected chi connectivity index (χ1v) is 6.50. The fraction of sp³-hybridized carbons (Fsp3) is 0.833. The van der Waals surface area contributed by atoms with Gasteiger partial charge in [0.15, 0.2) is 0 Å². The number of unbranched alkanes of at least 4 members (excludes halogenated alkanes) is 2. The van der Waals surface area contributed by atoms with Gasteiger partial charge in [-0.3, -0.25) is 0 Å². The monoisotopic (exact) mass is 222 g/mol. The molecule has 0 saturated carbocycles. The van der Waals surface area contributed by atoms with Crippen LogP contribution in [0, 0.1) is 0 Å². The summed E-state index contributed by atoms with van der Waals surface area (Å²) in [5, 5.41) is 11.8. The maximum absolute atomic E-state index is 4.29. The second-order valence-electron chi connectivity index (χ2n) is 4.63. The molecule has 1 unspecified atom stereocenters. The second kappa shape index (κ2) is 5.99. The Labute approximate surface area is 97.5 Å². The van der Waals surface area contributed by atoms with Gasteiger partial charge in [0.1, 0.15) is 12.2 Å². The van der Waals surface area contributed by atoms with Crippen molar-refractivity contribution in [3.05, 3.63) is 12.2 Å². The normalized spacial score (nSPS) is 21.2. The van der Waals surface area contributed by atoms with Gasteiger partial charge in [-0.1, -0.05) is 19.8 Å². The molecule has 16 heavy (non-hydrogen) atoms. The Morgan fingerprint density at radius 3 is 3.19 bits per heavy atom. The highest BCUT2D eigenvalue weighted by molar-refractivity contribution is 4.99. The van der Waals surface area contributed by atoms with Gasteiger partial charge in [0.2, 0.25) is 0 Å². The predicted octanol–water partition coefficient (Wildman–Crippen LogP) is 1.94. The first-order valence-electron chi connectivity index (χ1n) is 6.50. The highest BCUT2D eigenvalue weighted by atomic mass is 15.3. The van der Waals surface area contributed by atoms with Crippen LogP contribution in [-0.2, 0) is 6.54 Å². The molecule has 4 nitrogen and oxygen atoms in total. The standard InChI is InChI=1S/C12H22N4/c1-2-3-4-8-16-10-14-15-12(16)11-6-5-7-13-9-11/h10-11,13H,2-9H2,1H3. The van der Waals surface area contributed by atoms with E-state index in [2.05, 4.69) is 27.0 Å². The van der Waals surface area contributed by atoms with Crippen molar-refractivity contribution in [3.63, 3.8) is 0 Å². The van der Waals surface area contributed by atoms with Crippen molar-refractivity contribution < 1.29 is 0 Å². The van der Waals surface area contributed by atoms with Crippen LogP contribution >= 0.6 is 0 Å². The van der Waals surface area contributed by atoms with Crippen molar-refractivity contribution in [2.45, 2.75) is 51.5 Å². The summed E-state index contributed by atoms with van der Waals surface area (Å²) in [6.07, 6.45) is 8.19. The van der Waals surface area contributed by atoms with E-state index in [1.165, 1.54) is 37.9 Å². The predicted molar refractivity (Wildman–Crippen MR) is 64.4 cm³/mol. The van der Waals surface area contributed by atoms with E-state index < -0.39 is 0 Å². The van der Waals surface area contributed by atoms with Gasteiger partial charge in [0.25, 0.3) is 0 Å². The van der Waals surface area contributed by atoms with Crippen LogP contribution in [-0.4, -0.2) is 27.9 Å². The van der Waals surface area contributed by atoms with Crippen molar-refractivity contribution in [2.75, 3.05) is 13.1 Å². The summed E-state index contributed by atoms with van der Waals surface area (Å²) in [7, 11) is 0. The Morgan fingerprint density at radius 1 is 1.50 bits per heavy atom. The number of rotatable bonds is 5. The second-order valence-corrected chi connectivity index (χ2v) is 4.63. The minimum Gasteiger partial charge on any atom is -0.317 e. The summed E-state index contributed by atoms with van der Waals surface area (Å²) in [6.45, 7) is 5.53. The number of nitrogens with one attached hydrogen (secondary N) is 1. The lowest BCUT2D eigenvalue weighted by Crippen LogP contribution is -2.30. The molecule has 1 aliphatic rings. The molecule has 0 spiro atoms. The van der Waals surface area contributed by atoms with Crippen molar-refractivity contribution in [1.29, 1.82) is 0 Å². The van der Waals surface area contributed by atoms with Crippen LogP contribution in [0.5, 0.6) is 0 Å². The topological polar surface area (TPSA) is 42.7 Å². The van der Waals surface area contributed by atoms with Crippen LogP contribution in [0.3, 0.4) is 0 Å². The molecule has 0 aliphatic carbocycles. The van der Waals surface area contributed by atoms with Gasteiger partial charge >= 0.3 is 0 Å². The summed E-state index contributed by atoms with van der Waals surface area (Å²) >= 11 is 0. The van der Waals surface area contributed by atoms with E-state index >= 15 is 0 Å². The van der Waals surface area contributed by atoms with E-state index in [0.717, 1.165) is 19.6 Å². The van der Waals surface area contributed by atoms with E-state index in [9.17, 15) is 0 Å². The first-order chi connectivity index (χ1) is 7.92. The molecule has 1 aromatic rings. The van der Waals surface area contributed by atoms with Crippen molar-refractivity contribution >= 4 is 0 Å². The lowest BCUT2D eigenvalue weighted by Gasteiger charge is -2.22. The van der Waals surface area contributed by atoms with Gasteiger partial charge in [-0.05, 0) is 25.8 Å². The van der Waals surface area contributed by atoms with Crippen molar-refractivity contribution in [1.82, 2.24) is 20.1 Å². The molecule has 1 atom stereocenters. The summed E-state index contributed by atoms with van der Waals surface area (Å²) in [5.41, 5.74) is 0. The van der Waals surface area contributed by atoms with Crippen LogP contribution in [0.25, 0.3) is 0 Å². The Balaban J connectivity index is 1.94. The Kier molecular flexibility index (Phi) is 4.34. The van der Waals surface area contributed by atoms with E-state index in [0.29, 0.717) is 5.92 Å². The molecule has 0 bridgehead atoms. The lowest BCUT2D eigenvalue weighted by atomic mass is 9.99. The Morgan fingerprint density at radius 2 is 2.44 bits per heavy atom. The number of aromatic nitrogens is 3. The van der Waals surface area contributed by atoms with E-state index in [1.54, 1.807) is 0 Å². The number of piperidine rings is 1. The van der Waals surface area contributed by atoms with E-state index in [4.69, 9.17) is 0 Å². The van der Waals surface area contributed by atoms with Gasteiger partial charge in [-0.25, -0.2) is 0 Å². The maximum atomic E-state index is 4.29. The smallest absolute Gasteiger partial charge is 0.137 e. The zero-order valence-corrected chi connectivity index (χ0v) is 10.2. The van der Waals surface area contributed by atoms with Gasteiger partial charge in [0, 0.05) is 19.0 Å². The molecule has 2 heterocycles. The number of nitrogens with zero attached hydrogens (tertiary/aromatic N) is 3. The fourth-order valence-corrected chi connectivity index (χ4v) is 2.36. The molecule has 1 N–H and O–H groups in total. The number of aryl methyl sites for hydroxylation is 1. The highest BCUT2D eigenvalue weighted by Gasteiger charge is 2.19. The molecular formula is C12H22N4. The van der Waals surface area contributed by atoms with Crippen LogP contribution < -0.4 is 5.32 Å².